The quantitative estimate of drug-likeness (QED) is 0.405. The Hall–Kier alpha value is -2.06. The smallest absolute Gasteiger partial charge is 0.266 e. The summed E-state index contributed by atoms with van der Waals surface area (Å²) in [5.74, 6) is -1.33. The molecule has 0 radical (unpaired) electrons. The van der Waals surface area contributed by atoms with Crippen LogP contribution >= 0.6 is 0 Å². The van der Waals surface area contributed by atoms with Gasteiger partial charge in [-0.1, -0.05) is 84.2 Å². The molecule has 0 atom stereocenters. The lowest BCUT2D eigenvalue weighted by Crippen LogP contribution is -2.55. The van der Waals surface area contributed by atoms with Crippen molar-refractivity contribution in [3.8, 4) is 0 Å². The molecular weight excluding hydrogens is 433 g/mol. The number of halogens is 1. The second kappa shape index (κ2) is 7.49. The predicted octanol–water partition coefficient (Wildman–Crippen LogP) is 6.06. The molecule has 0 aliphatic carbocycles. The Labute approximate surface area is 194 Å². The number of carbonyl (C=O) groups excluding carboxylic acids is 2. The summed E-state index contributed by atoms with van der Waals surface area (Å²) in [5, 5.41) is 2.68. The SMILES string of the molecule is CC(C)(C)[Si](C)(C)c1cc(N2C(=O)c3ccc(F)cc3C2=O)cc([Si](C)(C)C(C)(C)C)c1. The van der Waals surface area contributed by atoms with Crippen LogP contribution in [0.4, 0.5) is 10.1 Å². The van der Waals surface area contributed by atoms with Crippen molar-refractivity contribution in [3.63, 3.8) is 0 Å². The van der Waals surface area contributed by atoms with Crippen LogP contribution in [0, 0.1) is 5.82 Å². The zero-order chi connectivity index (χ0) is 24.4. The molecule has 0 unspecified atom stereocenters. The standard InChI is InChI=1S/C26H36FNO2Si2/c1-25(2,3)31(7,8)19-14-18(15-20(16-19)32(9,10)26(4,5)6)28-23(29)21-12-11-17(27)13-22(21)24(28)30/h11-16H,1-10H3. The fourth-order valence-electron chi connectivity index (χ4n) is 3.78. The number of anilines is 1. The van der Waals surface area contributed by atoms with Crippen LogP contribution in [0.25, 0.3) is 0 Å². The highest BCUT2D eigenvalue weighted by Gasteiger charge is 2.43. The number of amides is 2. The van der Waals surface area contributed by atoms with Gasteiger partial charge in [-0.25, -0.2) is 9.29 Å². The van der Waals surface area contributed by atoms with Crippen LogP contribution in [0.1, 0.15) is 62.3 Å². The lowest BCUT2D eigenvalue weighted by molar-refractivity contribution is 0.0926. The van der Waals surface area contributed by atoms with E-state index in [1.165, 1.54) is 33.5 Å². The molecule has 32 heavy (non-hydrogen) atoms. The summed E-state index contributed by atoms with van der Waals surface area (Å²) in [6, 6.07) is 10.2. The zero-order valence-electron chi connectivity index (χ0n) is 21.1. The van der Waals surface area contributed by atoms with Crippen molar-refractivity contribution >= 4 is 44.0 Å². The molecule has 0 fully saturated rings. The first kappa shape index (κ1) is 24.6. The lowest BCUT2D eigenvalue weighted by Gasteiger charge is -2.41. The summed E-state index contributed by atoms with van der Waals surface area (Å²) in [7, 11) is -3.90. The number of hydrogen-bond acceptors (Lipinski definition) is 2. The molecule has 6 heteroatoms. The van der Waals surface area contributed by atoms with Gasteiger partial charge in [0.25, 0.3) is 11.8 Å². The normalized spacial score (nSPS) is 15.4. The summed E-state index contributed by atoms with van der Waals surface area (Å²) in [4.78, 5) is 27.7. The topological polar surface area (TPSA) is 37.4 Å². The Kier molecular flexibility index (Phi) is 5.75. The van der Waals surface area contributed by atoms with E-state index in [-0.39, 0.29) is 27.1 Å². The number of hydrogen-bond donors (Lipinski definition) is 0. The van der Waals surface area contributed by atoms with Gasteiger partial charge >= 0.3 is 0 Å². The van der Waals surface area contributed by atoms with E-state index >= 15 is 0 Å². The molecular formula is C26H36FNO2Si2. The molecule has 2 aromatic rings. The van der Waals surface area contributed by atoms with Gasteiger partial charge in [0.1, 0.15) is 5.82 Å². The largest absolute Gasteiger partial charge is 0.268 e. The summed E-state index contributed by atoms with van der Waals surface area (Å²) in [6.07, 6.45) is 0. The van der Waals surface area contributed by atoms with Crippen molar-refractivity contribution in [1.82, 2.24) is 0 Å². The molecule has 1 heterocycles. The maximum absolute atomic E-state index is 13.8. The van der Waals surface area contributed by atoms with E-state index in [0.717, 1.165) is 0 Å². The average molecular weight is 470 g/mol. The van der Waals surface area contributed by atoms with Gasteiger partial charge < -0.3 is 0 Å². The minimum Gasteiger partial charge on any atom is -0.268 e. The molecule has 2 aromatic carbocycles. The van der Waals surface area contributed by atoms with Crippen LogP contribution in [-0.2, 0) is 0 Å². The van der Waals surface area contributed by atoms with Crippen molar-refractivity contribution in [2.75, 3.05) is 4.90 Å². The van der Waals surface area contributed by atoms with Crippen molar-refractivity contribution in [2.45, 2.75) is 77.8 Å². The van der Waals surface area contributed by atoms with Crippen LogP contribution in [0.2, 0.25) is 36.3 Å². The first-order chi connectivity index (χ1) is 14.4. The Bertz CT molecular complexity index is 1060. The highest BCUT2D eigenvalue weighted by Crippen LogP contribution is 2.39. The minimum atomic E-state index is -1.95. The molecule has 0 aromatic heterocycles. The lowest BCUT2D eigenvalue weighted by atomic mass is 10.1. The second-order valence-electron chi connectivity index (χ2n) is 12.2. The number of nitrogens with zero attached hydrogens (tertiary/aromatic N) is 1. The molecule has 0 bridgehead atoms. The third kappa shape index (κ3) is 3.81. The molecule has 3 nitrogen and oxygen atoms in total. The third-order valence-corrected chi connectivity index (χ3v) is 19.2. The average Bonchev–Trinajstić information content (AvgIpc) is 2.89. The molecule has 172 valence electrons. The molecule has 0 spiro atoms. The number of rotatable bonds is 3. The van der Waals surface area contributed by atoms with Gasteiger partial charge in [0.15, 0.2) is 0 Å². The van der Waals surface area contributed by atoms with E-state index < -0.39 is 27.9 Å². The van der Waals surface area contributed by atoms with Crippen LogP contribution in [-0.4, -0.2) is 28.0 Å². The molecule has 3 rings (SSSR count). The van der Waals surface area contributed by atoms with Crippen LogP contribution < -0.4 is 15.3 Å². The van der Waals surface area contributed by atoms with Gasteiger partial charge in [-0.3, -0.25) is 9.59 Å². The number of imide groups is 1. The monoisotopic (exact) mass is 469 g/mol. The number of carbonyl (C=O) groups is 2. The molecule has 0 saturated carbocycles. The van der Waals surface area contributed by atoms with E-state index in [4.69, 9.17) is 0 Å². The fraction of sp³-hybridized carbons (Fsp3) is 0.462. The summed E-state index contributed by atoms with van der Waals surface area (Å²) < 4.78 is 13.8. The maximum Gasteiger partial charge on any atom is 0.266 e. The Morgan fingerprint density at radius 2 is 1.12 bits per heavy atom. The van der Waals surface area contributed by atoms with Gasteiger partial charge in [0.2, 0.25) is 0 Å². The van der Waals surface area contributed by atoms with E-state index in [1.807, 2.05) is 12.1 Å². The predicted molar refractivity (Wildman–Crippen MR) is 138 cm³/mol. The van der Waals surface area contributed by atoms with E-state index in [2.05, 4.69) is 73.8 Å². The first-order valence-electron chi connectivity index (χ1n) is 11.2. The fourth-order valence-corrected chi connectivity index (χ4v) is 7.70. The number of benzene rings is 2. The van der Waals surface area contributed by atoms with Crippen molar-refractivity contribution in [3.05, 3.63) is 53.3 Å². The molecule has 0 saturated heterocycles. The van der Waals surface area contributed by atoms with Crippen LogP contribution in [0.3, 0.4) is 0 Å². The highest BCUT2D eigenvalue weighted by molar-refractivity contribution is 6.95. The van der Waals surface area contributed by atoms with Gasteiger partial charge in [0.05, 0.1) is 33.0 Å². The van der Waals surface area contributed by atoms with Crippen LogP contribution in [0.15, 0.2) is 36.4 Å². The second-order valence-corrected chi connectivity index (χ2v) is 22.8. The van der Waals surface area contributed by atoms with Crippen LogP contribution in [0.5, 0.6) is 0 Å². The van der Waals surface area contributed by atoms with E-state index in [1.54, 1.807) is 0 Å². The van der Waals surface area contributed by atoms with Gasteiger partial charge in [-0.15, -0.1) is 0 Å². The molecule has 0 N–H and O–H groups in total. The van der Waals surface area contributed by atoms with Crippen molar-refractivity contribution in [1.29, 1.82) is 0 Å². The summed E-state index contributed by atoms with van der Waals surface area (Å²) in [6.45, 7) is 23.0. The van der Waals surface area contributed by atoms with Crippen molar-refractivity contribution < 1.29 is 14.0 Å². The first-order valence-corrected chi connectivity index (χ1v) is 17.2. The Morgan fingerprint density at radius 1 is 0.688 bits per heavy atom. The van der Waals surface area contributed by atoms with Gasteiger partial charge in [0, 0.05) is 0 Å². The highest BCUT2D eigenvalue weighted by atomic mass is 28.3. The zero-order valence-corrected chi connectivity index (χ0v) is 23.1. The minimum absolute atomic E-state index is 0.0987. The maximum atomic E-state index is 13.8. The van der Waals surface area contributed by atoms with Gasteiger partial charge in [-0.2, -0.15) is 0 Å². The van der Waals surface area contributed by atoms with Crippen molar-refractivity contribution in [2.24, 2.45) is 0 Å². The Balaban J connectivity index is 2.27. The number of fused-ring (bicyclic) bond motifs is 1. The van der Waals surface area contributed by atoms with Gasteiger partial charge in [-0.05, 0) is 40.4 Å². The molecule has 1 aliphatic heterocycles. The molecule has 2 amide bonds. The Morgan fingerprint density at radius 3 is 1.56 bits per heavy atom. The third-order valence-electron chi connectivity index (χ3n) is 8.22. The van der Waals surface area contributed by atoms with E-state index in [0.29, 0.717) is 5.69 Å². The molecule has 1 aliphatic rings. The summed E-state index contributed by atoms with van der Waals surface area (Å²) >= 11 is 0. The summed E-state index contributed by atoms with van der Waals surface area (Å²) in [5.41, 5.74) is 1.02. The van der Waals surface area contributed by atoms with E-state index in [9.17, 15) is 14.0 Å².